The largest absolute Gasteiger partial charge is 0.493 e. The molecule has 0 radical (unpaired) electrons. The Labute approximate surface area is 168 Å². The fourth-order valence-electron chi connectivity index (χ4n) is 2.85. The van der Waals surface area contributed by atoms with Crippen molar-refractivity contribution in [3.05, 3.63) is 47.4 Å². The average molecular weight is 423 g/mol. The molecule has 2 heterocycles. The van der Waals surface area contributed by atoms with Crippen LogP contribution in [0.4, 0.5) is 10.2 Å². The van der Waals surface area contributed by atoms with E-state index in [2.05, 4.69) is 15.0 Å². The van der Waals surface area contributed by atoms with Gasteiger partial charge in [0.1, 0.15) is 17.4 Å². The number of hydrogen-bond acceptors (Lipinski definition) is 6. The summed E-state index contributed by atoms with van der Waals surface area (Å²) in [6, 6.07) is 6.25. The molecule has 1 aromatic carbocycles. The molecule has 1 saturated heterocycles. The number of pyridine rings is 1. The lowest BCUT2D eigenvalue weighted by molar-refractivity contribution is 0.102. The van der Waals surface area contributed by atoms with E-state index in [-0.39, 0.29) is 40.4 Å². The summed E-state index contributed by atoms with van der Waals surface area (Å²) in [6.45, 7) is 4.31. The minimum absolute atomic E-state index is 0.0289. The summed E-state index contributed by atoms with van der Waals surface area (Å²) in [5, 5.41) is 2.54. The van der Waals surface area contributed by atoms with Gasteiger partial charge in [0.05, 0.1) is 29.4 Å². The lowest BCUT2D eigenvalue weighted by atomic mass is 10.2. The second-order valence-electron chi connectivity index (χ2n) is 6.49. The average Bonchev–Trinajstić information content (AvgIpc) is 3.17. The Morgan fingerprint density at radius 3 is 2.79 bits per heavy atom. The van der Waals surface area contributed by atoms with Gasteiger partial charge in [0, 0.05) is 12.6 Å². The lowest BCUT2D eigenvalue weighted by Gasteiger charge is -2.15. The number of amides is 1. The second-order valence-corrected chi connectivity index (χ2v) is 8.20. The van der Waals surface area contributed by atoms with Crippen molar-refractivity contribution in [2.45, 2.75) is 31.2 Å². The van der Waals surface area contributed by atoms with Gasteiger partial charge in [0.2, 0.25) is 10.0 Å². The quantitative estimate of drug-likeness (QED) is 0.708. The minimum atomic E-state index is -3.85. The molecular weight excluding hydrogens is 401 g/mol. The summed E-state index contributed by atoms with van der Waals surface area (Å²) in [6.07, 6.45) is 0.583. The molecule has 1 aromatic heterocycles. The van der Waals surface area contributed by atoms with Crippen molar-refractivity contribution in [1.82, 2.24) is 9.71 Å². The van der Waals surface area contributed by atoms with Gasteiger partial charge in [-0.15, -0.1) is 0 Å². The standard InChI is InChI=1S/C19H22FN3O5S/c1-3-28-17-6-4-14(29(25,26)23-13-8-9-27-11-13)10-15(17)19(24)22-18-7-5-16(20)12(2)21-18/h4-7,10,13,23H,3,8-9,11H2,1-2H3,(H,21,22,24)/t13-/m0/s1. The van der Waals surface area contributed by atoms with Gasteiger partial charge >= 0.3 is 0 Å². The van der Waals surface area contributed by atoms with Gasteiger partial charge in [-0.3, -0.25) is 4.79 Å². The molecule has 1 amide bonds. The number of benzene rings is 1. The molecule has 1 atom stereocenters. The number of ether oxygens (including phenoxy) is 2. The molecule has 1 aliphatic heterocycles. The molecule has 0 unspecified atom stereocenters. The molecule has 0 spiro atoms. The Bertz CT molecular complexity index is 1010. The van der Waals surface area contributed by atoms with Crippen LogP contribution in [0.5, 0.6) is 5.75 Å². The van der Waals surface area contributed by atoms with E-state index >= 15 is 0 Å². The van der Waals surface area contributed by atoms with Crippen LogP contribution in [0, 0.1) is 12.7 Å². The van der Waals surface area contributed by atoms with E-state index in [0.29, 0.717) is 19.6 Å². The summed E-state index contributed by atoms with van der Waals surface area (Å²) in [7, 11) is -3.85. The first kappa shape index (κ1) is 21.2. The highest BCUT2D eigenvalue weighted by Crippen LogP contribution is 2.24. The van der Waals surface area contributed by atoms with Crippen molar-refractivity contribution in [3.63, 3.8) is 0 Å². The molecule has 1 aliphatic rings. The van der Waals surface area contributed by atoms with Crippen molar-refractivity contribution in [3.8, 4) is 5.75 Å². The van der Waals surface area contributed by atoms with Crippen LogP contribution < -0.4 is 14.8 Å². The number of nitrogens with zero attached hydrogens (tertiary/aromatic N) is 1. The van der Waals surface area contributed by atoms with Crippen LogP contribution in [0.15, 0.2) is 35.2 Å². The number of carbonyl (C=O) groups excluding carboxylic acids is 1. The van der Waals surface area contributed by atoms with E-state index in [0.717, 1.165) is 0 Å². The Balaban J connectivity index is 1.89. The van der Waals surface area contributed by atoms with Crippen LogP contribution in [0.3, 0.4) is 0 Å². The third-order valence-corrected chi connectivity index (χ3v) is 5.84. The summed E-state index contributed by atoms with van der Waals surface area (Å²) in [5.74, 6) is -0.737. The van der Waals surface area contributed by atoms with Gasteiger partial charge in [0.15, 0.2) is 0 Å². The zero-order valence-electron chi connectivity index (χ0n) is 16.1. The molecule has 1 fully saturated rings. The number of aromatic nitrogens is 1. The van der Waals surface area contributed by atoms with Crippen LogP contribution in [0.25, 0.3) is 0 Å². The summed E-state index contributed by atoms with van der Waals surface area (Å²) in [4.78, 5) is 16.7. The van der Waals surface area contributed by atoms with Gasteiger partial charge in [-0.2, -0.15) is 0 Å². The van der Waals surface area contributed by atoms with Crippen LogP contribution in [0.1, 0.15) is 29.4 Å². The number of aryl methyl sites for hydroxylation is 1. The smallest absolute Gasteiger partial charge is 0.260 e. The van der Waals surface area contributed by atoms with Crippen LogP contribution >= 0.6 is 0 Å². The number of halogens is 1. The van der Waals surface area contributed by atoms with E-state index in [9.17, 15) is 17.6 Å². The molecule has 0 saturated carbocycles. The van der Waals surface area contributed by atoms with E-state index < -0.39 is 21.7 Å². The van der Waals surface area contributed by atoms with E-state index in [1.54, 1.807) is 6.92 Å². The maximum Gasteiger partial charge on any atom is 0.260 e. The maximum atomic E-state index is 13.4. The molecule has 156 valence electrons. The van der Waals surface area contributed by atoms with E-state index in [1.165, 1.54) is 37.3 Å². The molecule has 3 rings (SSSR count). The monoisotopic (exact) mass is 423 g/mol. The number of sulfonamides is 1. The highest BCUT2D eigenvalue weighted by atomic mass is 32.2. The lowest BCUT2D eigenvalue weighted by Crippen LogP contribution is -2.35. The highest BCUT2D eigenvalue weighted by Gasteiger charge is 2.25. The Morgan fingerprint density at radius 2 is 2.14 bits per heavy atom. The van der Waals surface area contributed by atoms with Gasteiger partial charge in [-0.25, -0.2) is 22.5 Å². The first-order chi connectivity index (χ1) is 13.8. The third kappa shape index (κ3) is 5.08. The van der Waals surface area contributed by atoms with Crippen LogP contribution in [0.2, 0.25) is 0 Å². The van der Waals surface area contributed by atoms with Crippen molar-refractivity contribution in [2.24, 2.45) is 0 Å². The maximum absolute atomic E-state index is 13.4. The third-order valence-electron chi connectivity index (χ3n) is 4.32. The number of nitrogens with one attached hydrogen (secondary N) is 2. The molecular formula is C19H22FN3O5S. The second kappa shape index (κ2) is 8.85. The molecule has 29 heavy (non-hydrogen) atoms. The van der Waals surface area contributed by atoms with Crippen molar-refractivity contribution in [2.75, 3.05) is 25.1 Å². The number of rotatable bonds is 7. The van der Waals surface area contributed by atoms with Gasteiger partial charge in [0.25, 0.3) is 5.91 Å². The molecule has 2 aromatic rings. The van der Waals surface area contributed by atoms with Gasteiger partial charge < -0.3 is 14.8 Å². The molecule has 0 bridgehead atoms. The Hall–Kier alpha value is -2.56. The summed E-state index contributed by atoms with van der Waals surface area (Å²) < 4.78 is 52.0. The van der Waals surface area contributed by atoms with Gasteiger partial charge in [-0.05, 0) is 50.6 Å². The normalized spacial score (nSPS) is 16.6. The number of carbonyl (C=O) groups is 1. The Kier molecular flexibility index (Phi) is 6.46. The topological polar surface area (TPSA) is 107 Å². The van der Waals surface area contributed by atoms with Crippen molar-refractivity contribution >= 4 is 21.7 Å². The minimum Gasteiger partial charge on any atom is -0.493 e. The first-order valence-corrected chi connectivity index (χ1v) is 10.6. The fourth-order valence-corrected chi connectivity index (χ4v) is 4.13. The zero-order valence-corrected chi connectivity index (χ0v) is 16.9. The zero-order chi connectivity index (χ0) is 21.0. The predicted molar refractivity (Wildman–Crippen MR) is 104 cm³/mol. The van der Waals surface area contributed by atoms with Crippen molar-refractivity contribution < 1.29 is 27.1 Å². The van der Waals surface area contributed by atoms with Gasteiger partial charge in [-0.1, -0.05) is 0 Å². The highest BCUT2D eigenvalue weighted by molar-refractivity contribution is 7.89. The summed E-state index contributed by atoms with van der Waals surface area (Å²) in [5.41, 5.74) is 0.160. The predicted octanol–water partition coefficient (Wildman–Crippen LogP) is 2.25. The first-order valence-electron chi connectivity index (χ1n) is 9.11. The van der Waals surface area contributed by atoms with E-state index in [4.69, 9.17) is 9.47 Å². The number of hydrogen-bond donors (Lipinski definition) is 2. The SMILES string of the molecule is CCOc1ccc(S(=O)(=O)N[C@H]2CCOC2)cc1C(=O)Nc1ccc(F)c(C)n1. The molecule has 8 nitrogen and oxygen atoms in total. The molecule has 0 aliphatic carbocycles. The van der Waals surface area contributed by atoms with E-state index in [1.807, 2.05) is 0 Å². The number of anilines is 1. The molecule has 2 N–H and O–H groups in total. The fraction of sp³-hybridized carbons (Fsp3) is 0.368. The summed E-state index contributed by atoms with van der Waals surface area (Å²) >= 11 is 0. The van der Waals surface area contributed by atoms with Crippen LogP contribution in [-0.4, -0.2) is 45.2 Å². The van der Waals surface area contributed by atoms with Crippen LogP contribution in [-0.2, 0) is 14.8 Å². The Morgan fingerprint density at radius 1 is 1.34 bits per heavy atom. The molecule has 10 heteroatoms. The van der Waals surface area contributed by atoms with Crippen molar-refractivity contribution in [1.29, 1.82) is 0 Å².